The van der Waals surface area contributed by atoms with Gasteiger partial charge >= 0.3 is 0 Å². The second-order valence-corrected chi connectivity index (χ2v) is 6.73. The zero-order chi connectivity index (χ0) is 17.2. The molecule has 7 heteroatoms. The van der Waals surface area contributed by atoms with E-state index in [0.717, 1.165) is 18.5 Å². The first-order valence-corrected chi connectivity index (χ1v) is 8.77. The number of aromatic nitrogens is 3. The topological polar surface area (TPSA) is 91.0 Å². The van der Waals surface area contributed by atoms with Crippen LogP contribution in [0.4, 0.5) is 0 Å². The van der Waals surface area contributed by atoms with E-state index in [9.17, 15) is 9.59 Å². The molecule has 2 amide bonds. The van der Waals surface area contributed by atoms with Gasteiger partial charge in [0.25, 0.3) is 5.91 Å². The van der Waals surface area contributed by atoms with E-state index in [0.29, 0.717) is 43.4 Å². The zero-order valence-electron chi connectivity index (χ0n) is 13.9. The van der Waals surface area contributed by atoms with Gasteiger partial charge in [0.2, 0.25) is 5.91 Å². The molecule has 2 aromatic rings. The largest absolute Gasteiger partial charge is 0.353 e. The molecular formula is C18H21N5O2. The summed E-state index contributed by atoms with van der Waals surface area (Å²) in [4.78, 5) is 30.8. The summed E-state index contributed by atoms with van der Waals surface area (Å²) in [5, 5.41) is 10.1. The van der Waals surface area contributed by atoms with Crippen LogP contribution < -0.4 is 5.32 Å². The minimum absolute atomic E-state index is 0.0236. The smallest absolute Gasteiger partial charge is 0.271 e. The van der Waals surface area contributed by atoms with Crippen molar-refractivity contribution in [2.45, 2.75) is 31.7 Å². The number of rotatable bonds is 4. The Morgan fingerprint density at radius 3 is 2.60 bits per heavy atom. The molecule has 2 fully saturated rings. The number of carbonyl (C=O) groups is 2. The third-order valence-corrected chi connectivity index (χ3v) is 4.81. The Hall–Kier alpha value is -2.70. The van der Waals surface area contributed by atoms with Gasteiger partial charge in [-0.2, -0.15) is 5.10 Å². The van der Waals surface area contributed by atoms with E-state index in [1.165, 1.54) is 0 Å². The SMILES string of the molecule is O=C(NC1CC1)C1CCN(C(=O)c2cc(-c3ccccn3)n[nH]2)CC1. The molecule has 2 N–H and O–H groups in total. The van der Waals surface area contributed by atoms with Crippen molar-refractivity contribution in [3.63, 3.8) is 0 Å². The lowest BCUT2D eigenvalue weighted by atomic mass is 9.95. The van der Waals surface area contributed by atoms with Crippen LogP contribution in [0, 0.1) is 5.92 Å². The normalized spacial score (nSPS) is 18.2. The number of likely N-dealkylation sites (tertiary alicyclic amines) is 1. The lowest BCUT2D eigenvalue weighted by molar-refractivity contribution is -0.126. The lowest BCUT2D eigenvalue weighted by Gasteiger charge is -2.31. The van der Waals surface area contributed by atoms with Crippen LogP contribution in [0.3, 0.4) is 0 Å². The number of nitrogens with zero attached hydrogens (tertiary/aromatic N) is 3. The fourth-order valence-electron chi connectivity index (χ4n) is 3.14. The number of hydrogen-bond donors (Lipinski definition) is 2. The summed E-state index contributed by atoms with van der Waals surface area (Å²) in [7, 11) is 0. The van der Waals surface area contributed by atoms with Gasteiger partial charge in [0, 0.05) is 31.2 Å². The van der Waals surface area contributed by atoms with E-state index in [-0.39, 0.29) is 17.7 Å². The van der Waals surface area contributed by atoms with Crippen molar-refractivity contribution >= 4 is 11.8 Å². The molecule has 0 spiro atoms. The second-order valence-electron chi connectivity index (χ2n) is 6.73. The van der Waals surface area contributed by atoms with Gasteiger partial charge in [-0.05, 0) is 43.9 Å². The molecule has 25 heavy (non-hydrogen) atoms. The third kappa shape index (κ3) is 3.55. The number of carbonyl (C=O) groups excluding carboxylic acids is 2. The maximum atomic E-state index is 12.6. The Morgan fingerprint density at radius 1 is 1.12 bits per heavy atom. The molecule has 1 saturated heterocycles. The summed E-state index contributed by atoms with van der Waals surface area (Å²) in [6, 6.07) is 7.70. The maximum Gasteiger partial charge on any atom is 0.271 e. The zero-order valence-corrected chi connectivity index (χ0v) is 13.9. The number of H-pyrrole nitrogens is 1. The Morgan fingerprint density at radius 2 is 1.92 bits per heavy atom. The fraction of sp³-hybridized carbons (Fsp3) is 0.444. The van der Waals surface area contributed by atoms with E-state index < -0.39 is 0 Å². The maximum absolute atomic E-state index is 12.6. The summed E-state index contributed by atoms with van der Waals surface area (Å²) in [6.45, 7) is 1.19. The quantitative estimate of drug-likeness (QED) is 0.885. The first-order chi connectivity index (χ1) is 12.2. The van der Waals surface area contributed by atoms with Gasteiger partial charge in [0.1, 0.15) is 11.4 Å². The first-order valence-electron chi connectivity index (χ1n) is 8.77. The Balaban J connectivity index is 1.36. The Labute approximate surface area is 145 Å². The summed E-state index contributed by atoms with van der Waals surface area (Å²) in [5.74, 6) is 0.0970. The van der Waals surface area contributed by atoms with Crippen molar-refractivity contribution in [2.75, 3.05) is 13.1 Å². The van der Waals surface area contributed by atoms with Crippen molar-refractivity contribution in [1.29, 1.82) is 0 Å². The van der Waals surface area contributed by atoms with Crippen molar-refractivity contribution in [3.05, 3.63) is 36.2 Å². The molecule has 0 unspecified atom stereocenters. The molecular weight excluding hydrogens is 318 g/mol. The van der Waals surface area contributed by atoms with E-state index >= 15 is 0 Å². The standard InChI is InChI=1S/C18H21N5O2/c24-17(20-13-4-5-13)12-6-9-23(10-7-12)18(25)16-11-15(21-22-16)14-3-1-2-8-19-14/h1-3,8,11-13H,4-7,9-10H2,(H,20,24)(H,21,22). The van der Waals surface area contributed by atoms with Crippen LogP contribution in [0.1, 0.15) is 36.2 Å². The molecule has 0 radical (unpaired) electrons. The van der Waals surface area contributed by atoms with E-state index in [4.69, 9.17) is 0 Å². The predicted octanol–water partition coefficient (Wildman–Crippen LogP) is 1.60. The van der Waals surface area contributed by atoms with Crippen LogP contribution in [-0.2, 0) is 4.79 Å². The minimum Gasteiger partial charge on any atom is -0.353 e. The molecule has 130 valence electrons. The second kappa shape index (κ2) is 6.66. The number of nitrogens with one attached hydrogen (secondary N) is 2. The van der Waals surface area contributed by atoms with Gasteiger partial charge in [-0.1, -0.05) is 6.07 Å². The van der Waals surface area contributed by atoms with Gasteiger partial charge in [-0.25, -0.2) is 0 Å². The molecule has 1 saturated carbocycles. The van der Waals surface area contributed by atoms with Crippen molar-refractivity contribution < 1.29 is 9.59 Å². The van der Waals surface area contributed by atoms with Crippen molar-refractivity contribution in [2.24, 2.45) is 5.92 Å². The summed E-state index contributed by atoms with van der Waals surface area (Å²) >= 11 is 0. The molecule has 0 atom stereocenters. The molecule has 2 aromatic heterocycles. The van der Waals surface area contributed by atoms with Gasteiger partial charge in [0.15, 0.2) is 0 Å². The minimum atomic E-state index is -0.0734. The van der Waals surface area contributed by atoms with Gasteiger partial charge in [-0.15, -0.1) is 0 Å². The Kier molecular flexibility index (Phi) is 4.21. The first kappa shape index (κ1) is 15.8. The molecule has 0 aromatic carbocycles. The summed E-state index contributed by atoms with van der Waals surface area (Å²) < 4.78 is 0. The van der Waals surface area contributed by atoms with Crippen LogP contribution in [-0.4, -0.2) is 51.0 Å². The Bertz CT molecular complexity index is 761. The van der Waals surface area contributed by atoms with E-state index in [1.807, 2.05) is 18.2 Å². The van der Waals surface area contributed by atoms with Crippen LogP contribution >= 0.6 is 0 Å². The van der Waals surface area contributed by atoms with Crippen molar-refractivity contribution in [3.8, 4) is 11.4 Å². The number of aromatic amines is 1. The molecule has 0 bridgehead atoms. The highest BCUT2D eigenvalue weighted by molar-refractivity contribution is 5.93. The van der Waals surface area contributed by atoms with Crippen LogP contribution in [0.5, 0.6) is 0 Å². The summed E-state index contributed by atoms with van der Waals surface area (Å²) in [5.41, 5.74) is 1.84. The third-order valence-electron chi connectivity index (χ3n) is 4.81. The van der Waals surface area contributed by atoms with Gasteiger partial charge in [-0.3, -0.25) is 19.7 Å². The average molecular weight is 339 g/mol. The summed E-state index contributed by atoms with van der Waals surface area (Å²) in [6.07, 6.45) is 5.32. The molecule has 1 aliphatic heterocycles. The average Bonchev–Trinajstić information content (AvgIpc) is 3.34. The van der Waals surface area contributed by atoms with E-state index in [1.54, 1.807) is 17.2 Å². The number of piperidine rings is 1. The van der Waals surface area contributed by atoms with E-state index in [2.05, 4.69) is 20.5 Å². The van der Waals surface area contributed by atoms with Gasteiger partial charge in [0.05, 0.1) is 5.69 Å². The molecule has 4 rings (SSSR count). The van der Waals surface area contributed by atoms with Crippen LogP contribution in [0.2, 0.25) is 0 Å². The highest BCUT2D eigenvalue weighted by atomic mass is 16.2. The monoisotopic (exact) mass is 339 g/mol. The lowest BCUT2D eigenvalue weighted by Crippen LogP contribution is -2.43. The highest BCUT2D eigenvalue weighted by Gasteiger charge is 2.31. The predicted molar refractivity (Wildman–Crippen MR) is 91.6 cm³/mol. The number of hydrogen-bond acceptors (Lipinski definition) is 4. The molecule has 7 nitrogen and oxygen atoms in total. The van der Waals surface area contributed by atoms with Crippen molar-refractivity contribution in [1.82, 2.24) is 25.4 Å². The molecule has 1 aliphatic carbocycles. The molecule has 2 aliphatic rings. The fourth-order valence-corrected chi connectivity index (χ4v) is 3.14. The molecule has 3 heterocycles. The van der Waals surface area contributed by atoms with Crippen LogP contribution in [0.25, 0.3) is 11.4 Å². The van der Waals surface area contributed by atoms with Crippen LogP contribution in [0.15, 0.2) is 30.5 Å². The number of amides is 2. The highest BCUT2D eigenvalue weighted by Crippen LogP contribution is 2.23. The number of pyridine rings is 1. The van der Waals surface area contributed by atoms with Gasteiger partial charge < -0.3 is 10.2 Å².